The lowest BCUT2D eigenvalue weighted by Gasteiger charge is -2.40. The minimum absolute atomic E-state index is 0.0992. The van der Waals surface area contributed by atoms with Crippen molar-refractivity contribution < 1.29 is 32.3 Å². The molecule has 3 N–H and O–H groups in total. The SMILES string of the molecule is Cc1cc(Oc2c(C)cc(C(=O)N[C@H](C)C(=O)N3[C@H](c4cccc(Cl)c4)CC[C@@H]3C(C)(C)C(=O)NCC(F)F)cc2F)c(=O)[nH]n1. The molecule has 1 aliphatic heterocycles. The zero-order chi connectivity index (χ0) is 33.9. The Labute approximate surface area is 268 Å². The van der Waals surface area contributed by atoms with Crippen LogP contribution in [0.1, 0.15) is 66.8 Å². The lowest BCUT2D eigenvalue weighted by Crippen LogP contribution is -2.56. The maximum Gasteiger partial charge on any atom is 0.307 e. The maximum absolute atomic E-state index is 15.2. The molecule has 0 unspecified atom stereocenters. The molecule has 14 heteroatoms. The molecule has 0 bridgehead atoms. The first-order valence-electron chi connectivity index (χ1n) is 14.6. The molecule has 1 aromatic heterocycles. The molecule has 0 aliphatic carbocycles. The highest BCUT2D eigenvalue weighted by molar-refractivity contribution is 6.30. The molecule has 3 amide bonds. The number of halogens is 4. The van der Waals surface area contributed by atoms with Gasteiger partial charge in [0.1, 0.15) is 6.04 Å². The van der Waals surface area contributed by atoms with Crippen molar-refractivity contribution in [1.29, 1.82) is 0 Å². The van der Waals surface area contributed by atoms with E-state index < -0.39 is 65.6 Å². The van der Waals surface area contributed by atoms with Gasteiger partial charge in [-0.1, -0.05) is 23.7 Å². The summed E-state index contributed by atoms with van der Waals surface area (Å²) in [5.41, 5.74) is -0.663. The number of nitrogens with zero attached hydrogens (tertiary/aromatic N) is 2. The van der Waals surface area contributed by atoms with E-state index >= 15 is 4.39 Å². The summed E-state index contributed by atoms with van der Waals surface area (Å²) in [5.74, 6) is -3.26. The Bertz CT molecular complexity index is 1680. The van der Waals surface area contributed by atoms with Gasteiger partial charge >= 0.3 is 5.56 Å². The zero-order valence-electron chi connectivity index (χ0n) is 25.9. The highest BCUT2D eigenvalue weighted by Gasteiger charge is 2.49. The first kappa shape index (κ1) is 34.5. The van der Waals surface area contributed by atoms with Crippen molar-refractivity contribution in [2.45, 2.75) is 72.0 Å². The number of carbonyl (C=O) groups excluding carboxylic acids is 3. The number of H-pyrrole nitrogens is 1. The zero-order valence-corrected chi connectivity index (χ0v) is 26.7. The second-order valence-corrected chi connectivity index (χ2v) is 12.3. The van der Waals surface area contributed by atoms with Crippen LogP contribution in [-0.2, 0) is 9.59 Å². The summed E-state index contributed by atoms with van der Waals surface area (Å²) in [6.07, 6.45) is -1.91. The smallest absolute Gasteiger partial charge is 0.307 e. The van der Waals surface area contributed by atoms with Gasteiger partial charge in [0, 0.05) is 22.7 Å². The molecule has 2 aromatic carbocycles. The minimum Gasteiger partial charge on any atom is -0.448 e. The number of hydrogen-bond donors (Lipinski definition) is 3. The Balaban J connectivity index is 1.58. The number of aryl methyl sites for hydroxylation is 2. The number of aromatic amines is 1. The van der Waals surface area contributed by atoms with E-state index in [4.69, 9.17) is 16.3 Å². The summed E-state index contributed by atoms with van der Waals surface area (Å²) in [6, 6.07) is 8.19. The van der Waals surface area contributed by atoms with Gasteiger partial charge in [-0.3, -0.25) is 19.2 Å². The molecular weight excluding hydrogens is 627 g/mol. The van der Waals surface area contributed by atoms with Crippen LogP contribution in [0.25, 0.3) is 0 Å². The van der Waals surface area contributed by atoms with Crippen LogP contribution in [0, 0.1) is 25.1 Å². The van der Waals surface area contributed by atoms with Gasteiger partial charge in [0.15, 0.2) is 17.3 Å². The monoisotopic (exact) mass is 661 g/mol. The first-order valence-corrected chi connectivity index (χ1v) is 15.0. The van der Waals surface area contributed by atoms with Crippen LogP contribution in [-0.4, -0.2) is 57.9 Å². The van der Waals surface area contributed by atoms with E-state index in [0.29, 0.717) is 29.1 Å². The summed E-state index contributed by atoms with van der Waals surface area (Å²) >= 11 is 6.24. The van der Waals surface area contributed by atoms with Crippen LogP contribution in [0.4, 0.5) is 13.2 Å². The number of ether oxygens (including phenoxy) is 1. The summed E-state index contributed by atoms with van der Waals surface area (Å²) in [4.78, 5) is 54.0. The van der Waals surface area contributed by atoms with Crippen molar-refractivity contribution in [3.05, 3.63) is 86.0 Å². The van der Waals surface area contributed by atoms with Gasteiger partial charge in [-0.15, -0.1) is 0 Å². The average molecular weight is 662 g/mol. The van der Waals surface area contributed by atoms with Gasteiger partial charge in [0.05, 0.1) is 23.7 Å². The largest absolute Gasteiger partial charge is 0.448 e. The number of hydrogen-bond acceptors (Lipinski definition) is 6. The molecule has 0 saturated carbocycles. The Morgan fingerprint density at radius 1 is 1.15 bits per heavy atom. The third-order valence-corrected chi connectivity index (χ3v) is 8.26. The number of aromatic nitrogens is 2. The fourth-order valence-corrected chi connectivity index (χ4v) is 5.84. The van der Waals surface area contributed by atoms with Gasteiger partial charge in [0.25, 0.3) is 12.3 Å². The van der Waals surface area contributed by atoms with E-state index in [1.54, 1.807) is 45.0 Å². The Morgan fingerprint density at radius 2 is 1.87 bits per heavy atom. The van der Waals surface area contributed by atoms with E-state index in [1.807, 2.05) is 0 Å². The standard InChI is InChI=1S/C32H35ClF3N5O5/c1-16-11-20(14-22(34)27(16)46-24-12-17(2)39-40-29(24)43)28(42)38-18(3)30(44)41-23(19-7-6-8-21(33)13-19)9-10-25(41)32(4,5)31(45)37-15-26(35)36/h6-8,11-14,18,23,25-26H,9-10,15H2,1-5H3,(H,37,45)(H,38,42)(H,40,43)/t18-,23+,25-/m1/s1. The summed E-state index contributed by atoms with van der Waals surface area (Å²) < 4.78 is 46.4. The van der Waals surface area contributed by atoms with E-state index in [0.717, 1.165) is 6.07 Å². The fourth-order valence-electron chi connectivity index (χ4n) is 5.64. The Kier molecular flexibility index (Phi) is 10.4. The van der Waals surface area contributed by atoms with Crippen molar-refractivity contribution in [3.63, 3.8) is 0 Å². The predicted octanol–water partition coefficient (Wildman–Crippen LogP) is 5.23. The molecule has 3 atom stereocenters. The summed E-state index contributed by atoms with van der Waals surface area (Å²) in [5, 5.41) is 11.3. The molecule has 2 heterocycles. The molecular formula is C32H35ClF3N5O5. The van der Waals surface area contributed by atoms with Crippen LogP contribution >= 0.6 is 11.6 Å². The fraction of sp³-hybridized carbons (Fsp3) is 0.406. The van der Waals surface area contributed by atoms with Crippen molar-refractivity contribution in [2.24, 2.45) is 5.41 Å². The summed E-state index contributed by atoms with van der Waals surface area (Å²) in [6.45, 7) is 6.92. The third kappa shape index (κ3) is 7.52. The van der Waals surface area contributed by atoms with Crippen molar-refractivity contribution in [2.75, 3.05) is 6.54 Å². The molecule has 1 fully saturated rings. The number of carbonyl (C=O) groups is 3. The molecule has 0 spiro atoms. The first-order chi connectivity index (χ1) is 21.6. The third-order valence-electron chi connectivity index (χ3n) is 8.03. The van der Waals surface area contributed by atoms with Crippen LogP contribution in [0.2, 0.25) is 5.02 Å². The number of alkyl halides is 2. The number of amides is 3. The molecule has 246 valence electrons. The lowest BCUT2D eigenvalue weighted by atomic mass is 9.81. The van der Waals surface area contributed by atoms with Gasteiger partial charge < -0.3 is 20.3 Å². The number of benzene rings is 2. The van der Waals surface area contributed by atoms with Crippen molar-refractivity contribution >= 4 is 29.3 Å². The van der Waals surface area contributed by atoms with Gasteiger partial charge in [-0.25, -0.2) is 18.3 Å². The van der Waals surface area contributed by atoms with E-state index in [2.05, 4.69) is 20.8 Å². The lowest BCUT2D eigenvalue weighted by molar-refractivity contribution is -0.143. The van der Waals surface area contributed by atoms with Gasteiger partial charge in [-0.05, 0) is 82.9 Å². The second-order valence-electron chi connectivity index (χ2n) is 11.8. The van der Waals surface area contributed by atoms with Gasteiger partial charge in [-0.2, -0.15) is 5.10 Å². The highest BCUT2D eigenvalue weighted by Crippen LogP contribution is 2.44. The number of likely N-dealkylation sites (tertiary alicyclic amines) is 1. The number of rotatable bonds is 10. The highest BCUT2D eigenvalue weighted by atomic mass is 35.5. The van der Waals surface area contributed by atoms with Gasteiger partial charge in [0.2, 0.25) is 11.8 Å². The van der Waals surface area contributed by atoms with Crippen molar-refractivity contribution in [3.8, 4) is 11.5 Å². The van der Waals surface area contributed by atoms with Crippen LogP contribution < -0.4 is 20.9 Å². The minimum atomic E-state index is -2.74. The predicted molar refractivity (Wildman–Crippen MR) is 165 cm³/mol. The second kappa shape index (κ2) is 13.9. The molecule has 10 nitrogen and oxygen atoms in total. The average Bonchev–Trinajstić information content (AvgIpc) is 3.45. The van der Waals surface area contributed by atoms with Crippen LogP contribution in [0.15, 0.2) is 47.3 Å². The topological polar surface area (TPSA) is 133 Å². The van der Waals surface area contributed by atoms with E-state index in [9.17, 15) is 28.0 Å². The molecule has 0 radical (unpaired) electrons. The molecule has 1 saturated heterocycles. The quantitative estimate of drug-likeness (QED) is 0.273. The normalized spacial score (nSPS) is 17.1. The number of nitrogens with one attached hydrogen (secondary N) is 3. The van der Waals surface area contributed by atoms with Crippen LogP contribution in [0.5, 0.6) is 11.5 Å². The molecule has 3 aromatic rings. The molecule has 1 aliphatic rings. The van der Waals surface area contributed by atoms with Crippen LogP contribution in [0.3, 0.4) is 0 Å². The van der Waals surface area contributed by atoms with Crippen molar-refractivity contribution in [1.82, 2.24) is 25.7 Å². The Morgan fingerprint density at radius 3 is 2.52 bits per heavy atom. The Hall–Kier alpha value is -4.39. The summed E-state index contributed by atoms with van der Waals surface area (Å²) in [7, 11) is 0. The molecule has 4 rings (SSSR count). The van der Waals surface area contributed by atoms with E-state index in [-0.39, 0.29) is 22.6 Å². The molecule has 46 heavy (non-hydrogen) atoms. The van der Waals surface area contributed by atoms with E-state index in [1.165, 1.54) is 30.9 Å². The maximum atomic E-state index is 15.2.